The number of hydrogen-bond donors (Lipinski definition) is 2. The smallest absolute Gasteiger partial charge is 0.0965 e. The molecular weight excluding hydrogens is 260 g/mol. The van der Waals surface area contributed by atoms with Gasteiger partial charge >= 0.3 is 0 Å². The molecule has 1 heterocycles. The molecule has 1 atom stereocenters. The lowest BCUT2D eigenvalue weighted by Gasteiger charge is -2.33. The number of nitrogens with zero attached hydrogens (tertiary/aromatic N) is 1. The number of fused-ring (bicyclic) bond motifs is 1. The Morgan fingerprint density at radius 2 is 2.10 bits per heavy atom. The molecule has 1 aliphatic rings. The van der Waals surface area contributed by atoms with Gasteiger partial charge in [0.25, 0.3) is 0 Å². The Hall–Kier alpha value is -2.00. The van der Waals surface area contributed by atoms with Crippen LogP contribution in [0.25, 0.3) is 0 Å². The van der Waals surface area contributed by atoms with E-state index in [1.165, 1.54) is 16.8 Å². The van der Waals surface area contributed by atoms with Crippen molar-refractivity contribution in [2.24, 2.45) is 0 Å². The molecule has 2 aromatic carbocycles. The summed E-state index contributed by atoms with van der Waals surface area (Å²) in [4.78, 5) is 2.28. The molecule has 0 bridgehead atoms. The Morgan fingerprint density at radius 3 is 2.90 bits per heavy atom. The minimum absolute atomic E-state index is 0.513. The predicted octanol–water partition coefficient (Wildman–Crippen LogP) is 3.06. The average molecular weight is 282 g/mol. The molecule has 0 amide bonds. The van der Waals surface area contributed by atoms with E-state index < -0.39 is 6.10 Å². The molecule has 0 aromatic heterocycles. The van der Waals surface area contributed by atoms with Crippen LogP contribution in [0.1, 0.15) is 29.2 Å². The van der Waals surface area contributed by atoms with Crippen molar-refractivity contribution in [2.45, 2.75) is 25.9 Å². The van der Waals surface area contributed by atoms with Gasteiger partial charge in [-0.2, -0.15) is 0 Å². The van der Waals surface area contributed by atoms with E-state index in [0.717, 1.165) is 24.9 Å². The zero-order valence-corrected chi connectivity index (χ0v) is 12.4. The first kappa shape index (κ1) is 14.0. The maximum absolute atomic E-state index is 10.5. The van der Waals surface area contributed by atoms with Crippen LogP contribution >= 0.6 is 0 Å². The summed E-state index contributed by atoms with van der Waals surface area (Å²) in [7, 11) is 0. The summed E-state index contributed by atoms with van der Waals surface area (Å²) in [5, 5.41) is 10.5. The van der Waals surface area contributed by atoms with Gasteiger partial charge in [-0.25, -0.2) is 0 Å². The van der Waals surface area contributed by atoms with E-state index in [-0.39, 0.29) is 0 Å². The predicted molar refractivity (Wildman–Crippen MR) is 87.5 cm³/mol. The first-order valence-corrected chi connectivity index (χ1v) is 7.51. The summed E-state index contributed by atoms with van der Waals surface area (Å²) in [6.45, 7) is 3.73. The Labute approximate surface area is 126 Å². The summed E-state index contributed by atoms with van der Waals surface area (Å²) >= 11 is 0. The van der Waals surface area contributed by atoms with Crippen molar-refractivity contribution in [1.82, 2.24) is 0 Å². The number of rotatable bonds is 3. The number of hydrogen-bond acceptors (Lipinski definition) is 3. The van der Waals surface area contributed by atoms with E-state index in [2.05, 4.69) is 30.0 Å². The second kappa shape index (κ2) is 5.78. The highest BCUT2D eigenvalue weighted by atomic mass is 16.3. The number of aliphatic hydroxyl groups is 1. The van der Waals surface area contributed by atoms with Crippen molar-refractivity contribution in [1.29, 1.82) is 0 Å². The van der Waals surface area contributed by atoms with Crippen LogP contribution < -0.4 is 10.6 Å². The molecule has 0 spiro atoms. The number of β-amino-alcohol motifs (C(OH)–C–C–N with tert-alkyl or cyclic N) is 1. The number of anilines is 2. The SMILES string of the molecule is Cc1ccc2c(c1)CCCN2CC(O)c1cccc(N)c1. The molecule has 1 aliphatic heterocycles. The molecule has 3 N–H and O–H groups in total. The third kappa shape index (κ3) is 3.03. The number of benzene rings is 2. The van der Waals surface area contributed by atoms with Crippen molar-refractivity contribution < 1.29 is 5.11 Å². The van der Waals surface area contributed by atoms with Gasteiger partial charge in [-0.15, -0.1) is 0 Å². The molecule has 0 fully saturated rings. The lowest BCUT2D eigenvalue weighted by Crippen LogP contribution is -2.33. The van der Waals surface area contributed by atoms with Gasteiger partial charge in [-0.1, -0.05) is 29.8 Å². The van der Waals surface area contributed by atoms with Gasteiger partial charge in [0, 0.05) is 24.5 Å². The topological polar surface area (TPSA) is 49.5 Å². The minimum Gasteiger partial charge on any atom is -0.399 e. The molecule has 1 unspecified atom stereocenters. The Kier molecular flexibility index (Phi) is 3.84. The highest BCUT2D eigenvalue weighted by Gasteiger charge is 2.20. The number of nitrogen functional groups attached to an aromatic ring is 1. The molecule has 2 aromatic rings. The molecule has 3 nitrogen and oxygen atoms in total. The monoisotopic (exact) mass is 282 g/mol. The van der Waals surface area contributed by atoms with Crippen LogP contribution in [0.4, 0.5) is 11.4 Å². The summed E-state index contributed by atoms with van der Waals surface area (Å²) in [5.74, 6) is 0. The zero-order chi connectivity index (χ0) is 14.8. The molecule has 3 heteroatoms. The van der Waals surface area contributed by atoms with Gasteiger partial charge in [-0.3, -0.25) is 0 Å². The van der Waals surface area contributed by atoms with E-state index in [1.54, 1.807) is 0 Å². The molecular formula is C18H22N2O. The van der Waals surface area contributed by atoms with Crippen molar-refractivity contribution in [3.8, 4) is 0 Å². The average Bonchev–Trinajstić information content (AvgIpc) is 2.47. The zero-order valence-electron chi connectivity index (χ0n) is 12.4. The lowest BCUT2D eigenvalue weighted by molar-refractivity contribution is 0.183. The van der Waals surface area contributed by atoms with Crippen LogP contribution in [0.15, 0.2) is 42.5 Å². The first-order valence-electron chi connectivity index (χ1n) is 7.51. The van der Waals surface area contributed by atoms with Crippen LogP contribution in [0.3, 0.4) is 0 Å². The maximum atomic E-state index is 10.5. The molecule has 0 saturated heterocycles. The van der Waals surface area contributed by atoms with Crippen LogP contribution in [0.5, 0.6) is 0 Å². The normalized spacial score (nSPS) is 15.6. The van der Waals surface area contributed by atoms with Gasteiger partial charge in [0.2, 0.25) is 0 Å². The lowest BCUT2D eigenvalue weighted by atomic mass is 9.98. The summed E-state index contributed by atoms with van der Waals surface area (Å²) < 4.78 is 0. The van der Waals surface area contributed by atoms with Gasteiger partial charge in [0.1, 0.15) is 0 Å². The van der Waals surface area contributed by atoms with E-state index in [0.29, 0.717) is 12.2 Å². The number of nitrogens with two attached hydrogens (primary N) is 1. The molecule has 21 heavy (non-hydrogen) atoms. The van der Waals surface area contributed by atoms with Crippen LogP contribution in [-0.4, -0.2) is 18.2 Å². The number of aryl methyl sites for hydroxylation is 2. The fourth-order valence-corrected chi connectivity index (χ4v) is 3.07. The largest absolute Gasteiger partial charge is 0.399 e. The number of aliphatic hydroxyl groups excluding tert-OH is 1. The van der Waals surface area contributed by atoms with Gasteiger partial charge < -0.3 is 15.7 Å². The second-order valence-corrected chi connectivity index (χ2v) is 5.87. The molecule has 110 valence electrons. The van der Waals surface area contributed by atoms with E-state index in [9.17, 15) is 5.11 Å². The highest BCUT2D eigenvalue weighted by Crippen LogP contribution is 2.29. The first-order chi connectivity index (χ1) is 10.1. The van der Waals surface area contributed by atoms with Crippen LogP contribution in [0, 0.1) is 6.92 Å². The summed E-state index contributed by atoms with van der Waals surface area (Å²) in [6, 6.07) is 14.1. The minimum atomic E-state index is -0.513. The molecule has 0 radical (unpaired) electrons. The fraction of sp³-hybridized carbons (Fsp3) is 0.333. The Morgan fingerprint density at radius 1 is 1.24 bits per heavy atom. The van der Waals surface area contributed by atoms with E-state index in [4.69, 9.17) is 5.73 Å². The third-order valence-electron chi connectivity index (χ3n) is 4.14. The van der Waals surface area contributed by atoms with Crippen LogP contribution in [-0.2, 0) is 6.42 Å². The van der Waals surface area contributed by atoms with Gasteiger partial charge in [-0.05, 0) is 49.1 Å². The fourth-order valence-electron chi connectivity index (χ4n) is 3.07. The summed E-state index contributed by atoms with van der Waals surface area (Å²) in [6.07, 6.45) is 1.75. The quantitative estimate of drug-likeness (QED) is 0.851. The molecule has 0 saturated carbocycles. The Bertz CT molecular complexity index is 639. The molecule has 0 aliphatic carbocycles. The van der Waals surface area contributed by atoms with Crippen molar-refractivity contribution in [2.75, 3.05) is 23.7 Å². The van der Waals surface area contributed by atoms with Crippen LogP contribution in [0.2, 0.25) is 0 Å². The molecule has 3 rings (SSSR count). The van der Waals surface area contributed by atoms with Crippen molar-refractivity contribution in [3.63, 3.8) is 0 Å². The Balaban J connectivity index is 1.80. The van der Waals surface area contributed by atoms with Gasteiger partial charge in [0.15, 0.2) is 0 Å². The van der Waals surface area contributed by atoms with Gasteiger partial charge in [0.05, 0.1) is 6.10 Å². The van der Waals surface area contributed by atoms with Crippen molar-refractivity contribution >= 4 is 11.4 Å². The highest BCUT2D eigenvalue weighted by molar-refractivity contribution is 5.57. The second-order valence-electron chi connectivity index (χ2n) is 5.87. The van der Waals surface area contributed by atoms with E-state index >= 15 is 0 Å². The van der Waals surface area contributed by atoms with E-state index in [1.807, 2.05) is 24.3 Å². The van der Waals surface area contributed by atoms with Crippen molar-refractivity contribution in [3.05, 3.63) is 59.2 Å². The standard InChI is InChI=1S/C18H22N2O/c1-13-7-8-17-14(10-13)5-3-9-20(17)12-18(21)15-4-2-6-16(19)11-15/h2,4,6-8,10-11,18,21H,3,5,9,12,19H2,1H3. The third-order valence-corrected chi connectivity index (χ3v) is 4.14. The summed E-state index contributed by atoms with van der Waals surface area (Å²) in [5.41, 5.74) is 11.3. The maximum Gasteiger partial charge on any atom is 0.0965 e.